The predicted octanol–water partition coefficient (Wildman–Crippen LogP) is 2.19. The van der Waals surface area contributed by atoms with E-state index in [2.05, 4.69) is 17.0 Å². The fourth-order valence-electron chi connectivity index (χ4n) is 4.61. The first-order chi connectivity index (χ1) is 12.0. The fourth-order valence-corrected chi connectivity index (χ4v) is 4.61. The number of methoxy groups -OCH3 is 1. The number of unbranched alkanes of at least 4 members (excludes halogenated alkanes) is 1. The molecule has 1 spiro atoms. The van der Waals surface area contributed by atoms with Crippen LogP contribution in [0.4, 0.5) is 0 Å². The summed E-state index contributed by atoms with van der Waals surface area (Å²) in [5, 5.41) is 15.4. The first-order valence-corrected chi connectivity index (χ1v) is 8.95. The van der Waals surface area contributed by atoms with Crippen molar-refractivity contribution in [2.45, 2.75) is 50.0 Å². The second-order valence-corrected chi connectivity index (χ2v) is 7.31. The van der Waals surface area contributed by atoms with Crippen LogP contribution in [-0.4, -0.2) is 54.7 Å². The number of fused-ring (bicyclic) bond motifs is 2. The second kappa shape index (κ2) is 6.00. The van der Waals surface area contributed by atoms with Crippen molar-refractivity contribution < 1.29 is 23.8 Å². The van der Waals surface area contributed by atoms with Crippen molar-refractivity contribution >= 4 is 0 Å². The van der Waals surface area contributed by atoms with Gasteiger partial charge < -0.3 is 23.8 Å². The van der Waals surface area contributed by atoms with Crippen LogP contribution in [0, 0.1) is 5.92 Å². The van der Waals surface area contributed by atoms with Gasteiger partial charge in [0.05, 0.1) is 31.4 Å². The summed E-state index contributed by atoms with van der Waals surface area (Å²) in [6.07, 6.45) is 3.77. The standard InChI is InChI=1S/C18H26N2O5/c1-5-6-7-23-17-13-15(25-19-17)14(20(2)3)11-8-10-9-12(22-4)18(11,24-10)16(13)21/h9-11,14,16,21H,5-8H2,1-4H3/t10?,11-,14-,16?,18?/m0/s1. The Morgan fingerprint density at radius 2 is 2.24 bits per heavy atom. The summed E-state index contributed by atoms with van der Waals surface area (Å²) in [5.41, 5.74) is -0.299. The van der Waals surface area contributed by atoms with Gasteiger partial charge in [-0.25, -0.2) is 0 Å². The molecule has 4 rings (SSSR count). The maximum absolute atomic E-state index is 11.3. The summed E-state index contributed by atoms with van der Waals surface area (Å²) in [6, 6.07) is -0.0572. The number of aromatic nitrogens is 1. The molecular formula is C18H26N2O5. The summed E-state index contributed by atoms with van der Waals surface area (Å²) in [5.74, 6) is 1.77. The van der Waals surface area contributed by atoms with Gasteiger partial charge in [0.25, 0.3) is 5.88 Å². The molecule has 3 aliphatic rings. The largest absolute Gasteiger partial charge is 0.498 e. The van der Waals surface area contributed by atoms with Crippen LogP contribution in [0.15, 0.2) is 16.4 Å². The lowest BCUT2D eigenvalue weighted by atomic mass is 9.66. The Morgan fingerprint density at radius 1 is 1.44 bits per heavy atom. The van der Waals surface area contributed by atoms with Gasteiger partial charge in [-0.3, -0.25) is 4.90 Å². The number of ether oxygens (including phenoxy) is 3. The summed E-state index contributed by atoms with van der Waals surface area (Å²) < 4.78 is 23.3. The number of nitrogens with zero attached hydrogens (tertiary/aromatic N) is 2. The zero-order valence-electron chi connectivity index (χ0n) is 15.2. The first-order valence-electron chi connectivity index (χ1n) is 8.95. The Kier molecular flexibility index (Phi) is 4.05. The molecule has 1 aliphatic carbocycles. The van der Waals surface area contributed by atoms with Crippen molar-refractivity contribution in [2.24, 2.45) is 5.92 Å². The molecule has 1 saturated heterocycles. The van der Waals surface area contributed by atoms with Crippen molar-refractivity contribution in [1.82, 2.24) is 10.1 Å². The van der Waals surface area contributed by atoms with Crippen LogP contribution in [-0.2, 0) is 9.47 Å². The molecule has 2 bridgehead atoms. The lowest BCUT2D eigenvalue weighted by Crippen LogP contribution is -2.51. The molecule has 1 N–H and O–H groups in total. The van der Waals surface area contributed by atoms with E-state index in [0.717, 1.165) is 19.3 Å². The Labute approximate surface area is 147 Å². The molecule has 3 heterocycles. The van der Waals surface area contributed by atoms with Gasteiger partial charge in [-0.05, 0) is 38.2 Å². The molecule has 1 fully saturated rings. The average Bonchev–Trinajstić information content (AvgIpc) is 3.26. The molecule has 0 radical (unpaired) electrons. The van der Waals surface area contributed by atoms with E-state index in [4.69, 9.17) is 18.7 Å². The van der Waals surface area contributed by atoms with E-state index >= 15 is 0 Å². The van der Waals surface area contributed by atoms with Crippen molar-refractivity contribution in [3.05, 3.63) is 23.2 Å². The van der Waals surface area contributed by atoms with E-state index in [9.17, 15) is 5.11 Å². The Morgan fingerprint density at radius 3 is 2.92 bits per heavy atom. The van der Waals surface area contributed by atoms with Crippen LogP contribution in [0.25, 0.3) is 0 Å². The van der Waals surface area contributed by atoms with Crippen LogP contribution in [0.3, 0.4) is 0 Å². The van der Waals surface area contributed by atoms with Gasteiger partial charge in [0, 0.05) is 5.92 Å². The van der Waals surface area contributed by atoms with Crippen LogP contribution in [0.2, 0.25) is 0 Å². The van der Waals surface area contributed by atoms with Crippen LogP contribution >= 0.6 is 0 Å². The topological polar surface area (TPSA) is 77.2 Å². The SMILES string of the molecule is CCCCOc1noc2c1C(O)C13OC(C=C1OC)C[C@H]3[C@@H]2N(C)C. The van der Waals surface area contributed by atoms with E-state index in [0.29, 0.717) is 29.6 Å². The Balaban J connectivity index is 1.80. The summed E-state index contributed by atoms with van der Waals surface area (Å²) in [6.45, 7) is 2.64. The molecule has 7 heteroatoms. The highest BCUT2D eigenvalue weighted by Crippen LogP contribution is 2.63. The molecule has 25 heavy (non-hydrogen) atoms. The molecule has 5 atom stereocenters. The summed E-state index contributed by atoms with van der Waals surface area (Å²) in [4.78, 5) is 2.09. The molecule has 7 nitrogen and oxygen atoms in total. The third-order valence-electron chi connectivity index (χ3n) is 5.67. The summed E-state index contributed by atoms with van der Waals surface area (Å²) in [7, 11) is 5.63. The average molecular weight is 350 g/mol. The quantitative estimate of drug-likeness (QED) is 0.788. The lowest BCUT2D eigenvalue weighted by Gasteiger charge is -2.46. The highest BCUT2D eigenvalue weighted by molar-refractivity contribution is 5.45. The van der Waals surface area contributed by atoms with E-state index in [1.165, 1.54) is 0 Å². The zero-order chi connectivity index (χ0) is 17.8. The number of hydrogen-bond acceptors (Lipinski definition) is 7. The molecule has 0 saturated carbocycles. The smallest absolute Gasteiger partial charge is 0.260 e. The molecule has 0 aromatic carbocycles. The first kappa shape index (κ1) is 16.9. The fraction of sp³-hybridized carbons (Fsp3) is 0.722. The van der Waals surface area contributed by atoms with Crippen LogP contribution in [0.1, 0.15) is 49.7 Å². The lowest BCUT2D eigenvalue weighted by molar-refractivity contribution is -0.132. The number of aliphatic hydroxyl groups is 1. The normalized spacial score (nSPS) is 35.5. The van der Waals surface area contributed by atoms with Gasteiger partial charge in [-0.15, -0.1) is 0 Å². The minimum absolute atomic E-state index is 0.0337. The third kappa shape index (κ3) is 2.19. The maximum atomic E-state index is 11.3. The highest BCUT2D eigenvalue weighted by atomic mass is 16.6. The third-order valence-corrected chi connectivity index (χ3v) is 5.67. The predicted molar refractivity (Wildman–Crippen MR) is 89.1 cm³/mol. The van der Waals surface area contributed by atoms with Gasteiger partial charge in [0.15, 0.2) is 11.4 Å². The summed E-state index contributed by atoms with van der Waals surface area (Å²) >= 11 is 0. The van der Waals surface area contributed by atoms with Gasteiger partial charge in [-0.1, -0.05) is 13.3 Å². The van der Waals surface area contributed by atoms with E-state index in [-0.39, 0.29) is 18.1 Å². The Bertz CT molecular complexity index is 685. The van der Waals surface area contributed by atoms with Gasteiger partial charge in [0.1, 0.15) is 11.9 Å². The number of rotatable bonds is 6. The van der Waals surface area contributed by atoms with Crippen LogP contribution < -0.4 is 4.74 Å². The van der Waals surface area contributed by atoms with Gasteiger partial charge in [0.2, 0.25) is 0 Å². The molecular weight excluding hydrogens is 324 g/mol. The van der Waals surface area contributed by atoms with E-state index in [1.54, 1.807) is 7.11 Å². The van der Waals surface area contributed by atoms with Gasteiger partial charge >= 0.3 is 0 Å². The zero-order valence-corrected chi connectivity index (χ0v) is 15.2. The minimum Gasteiger partial charge on any atom is -0.498 e. The minimum atomic E-state index is -0.926. The molecule has 1 aromatic rings. The van der Waals surface area contributed by atoms with Crippen molar-refractivity contribution in [2.75, 3.05) is 27.8 Å². The van der Waals surface area contributed by atoms with E-state index in [1.807, 2.05) is 20.2 Å². The monoisotopic (exact) mass is 350 g/mol. The van der Waals surface area contributed by atoms with Crippen molar-refractivity contribution in [3.8, 4) is 5.88 Å². The van der Waals surface area contributed by atoms with Gasteiger partial charge in [-0.2, -0.15) is 0 Å². The van der Waals surface area contributed by atoms with E-state index < -0.39 is 11.7 Å². The van der Waals surface area contributed by atoms with Crippen molar-refractivity contribution in [3.63, 3.8) is 0 Å². The highest BCUT2D eigenvalue weighted by Gasteiger charge is 2.68. The second-order valence-electron chi connectivity index (χ2n) is 7.31. The Hall–Kier alpha value is -1.57. The molecule has 0 amide bonds. The molecule has 138 valence electrons. The molecule has 3 unspecified atom stereocenters. The van der Waals surface area contributed by atoms with Crippen molar-refractivity contribution in [1.29, 1.82) is 0 Å². The number of hydrogen-bond donors (Lipinski definition) is 1. The maximum Gasteiger partial charge on any atom is 0.260 e. The number of aliphatic hydroxyl groups excluding tert-OH is 1. The van der Waals surface area contributed by atoms with Crippen LogP contribution in [0.5, 0.6) is 5.88 Å². The molecule has 1 aromatic heterocycles. The molecule has 2 aliphatic heterocycles.